The molecule has 0 spiro atoms. The van der Waals surface area contributed by atoms with E-state index >= 15 is 0 Å². The zero-order chi connectivity index (χ0) is 39.5. The highest BCUT2D eigenvalue weighted by Gasteiger charge is 2.37. The zero-order valence-electron chi connectivity index (χ0n) is 33.1. The molecule has 2 nitrogen and oxygen atoms in total. The Balaban J connectivity index is 1.19. The largest absolute Gasteiger partial charge is 0.456 e. The Morgan fingerprint density at radius 2 is 0.847 bits per heavy atom. The summed E-state index contributed by atoms with van der Waals surface area (Å²) in [6.45, 7) is 4.72. The van der Waals surface area contributed by atoms with Crippen LogP contribution in [0.15, 0.2) is 217 Å². The van der Waals surface area contributed by atoms with Gasteiger partial charge in [0.2, 0.25) is 0 Å². The smallest absolute Gasteiger partial charge is 0.135 e. The predicted molar refractivity (Wildman–Crippen MR) is 248 cm³/mol. The van der Waals surface area contributed by atoms with E-state index in [1.807, 2.05) is 6.07 Å². The number of nitrogens with zero attached hydrogens (tertiary/aromatic N) is 1. The third kappa shape index (κ3) is 5.79. The Kier molecular flexibility index (Phi) is 8.20. The Morgan fingerprint density at radius 1 is 0.356 bits per heavy atom. The van der Waals surface area contributed by atoms with Gasteiger partial charge in [-0.3, -0.25) is 0 Å². The fourth-order valence-corrected chi connectivity index (χ4v) is 9.41. The molecule has 11 rings (SSSR count). The van der Waals surface area contributed by atoms with Crippen LogP contribution < -0.4 is 4.90 Å². The van der Waals surface area contributed by atoms with Crippen LogP contribution in [0.25, 0.3) is 77.6 Å². The quantitative estimate of drug-likeness (QED) is 0.161. The number of fused-ring (bicyclic) bond motifs is 6. The number of benzene rings is 9. The van der Waals surface area contributed by atoms with E-state index in [1.165, 1.54) is 55.6 Å². The van der Waals surface area contributed by atoms with Crippen molar-refractivity contribution in [3.63, 3.8) is 0 Å². The Hall–Kier alpha value is -7.42. The van der Waals surface area contributed by atoms with Crippen molar-refractivity contribution in [2.45, 2.75) is 19.3 Å². The molecule has 59 heavy (non-hydrogen) atoms. The van der Waals surface area contributed by atoms with Crippen LogP contribution in [0.5, 0.6) is 0 Å². The van der Waals surface area contributed by atoms with Gasteiger partial charge in [0.1, 0.15) is 11.2 Å². The highest BCUT2D eigenvalue weighted by atomic mass is 16.3. The van der Waals surface area contributed by atoms with Gasteiger partial charge in [0, 0.05) is 33.1 Å². The summed E-state index contributed by atoms with van der Waals surface area (Å²) < 4.78 is 6.38. The monoisotopic (exact) mass is 755 g/mol. The molecule has 1 heterocycles. The standard InChI is InChI=1S/C57H41NO/c1-57(2)50-23-11-9-20-48(50)56-47(21-13-24-51(56)57)46-22-14-25-52(55(46)42-31-36-54-49(37-42)45-19-10-12-26-53(45)59-54)58(43-32-27-40(28-33-43)38-15-5-3-6-16-38)44-34-29-41(30-35-44)39-17-7-4-8-18-39/h3-37H,1-2H3. The summed E-state index contributed by atoms with van der Waals surface area (Å²) in [5.74, 6) is 0. The first-order valence-electron chi connectivity index (χ1n) is 20.4. The number of para-hydroxylation sites is 1. The van der Waals surface area contributed by atoms with Crippen LogP contribution in [0.2, 0.25) is 0 Å². The van der Waals surface area contributed by atoms with Crippen molar-refractivity contribution in [1.82, 2.24) is 0 Å². The third-order valence-electron chi connectivity index (χ3n) is 12.3. The van der Waals surface area contributed by atoms with Gasteiger partial charge >= 0.3 is 0 Å². The van der Waals surface area contributed by atoms with Gasteiger partial charge in [0.05, 0.1) is 5.69 Å². The summed E-state index contributed by atoms with van der Waals surface area (Å²) in [6.07, 6.45) is 0. The second-order valence-corrected chi connectivity index (χ2v) is 16.1. The average molecular weight is 756 g/mol. The molecular formula is C57H41NO. The fourth-order valence-electron chi connectivity index (χ4n) is 9.41. The van der Waals surface area contributed by atoms with Crippen LogP contribution in [0.4, 0.5) is 17.1 Å². The van der Waals surface area contributed by atoms with Crippen LogP contribution in [0.1, 0.15) is 25.0 Å². The number of anilines is 3. The van der Waals surface area contributed by atoms with Crippen molar-refractivity contribution in [2.75, 3.05) is 4.90 Å². The molecule has 0 atom stereocenters. The van der Waals surface area contributed by atoms with Crippen LogP contribution in [-0.2, 0) is 5.41 Å². The minimum Gasteiger partial charge on any atom is -0.456 e. The van der Waals surface area contributed by atoms with E-state index < -0.39 is 0 Å². The maximum Gasteiger partial charge on any atom is 0.135 e. The van der Waals surface area contributed by atoms with Crippen LogP contribution in [0, 0.1) is 0 Å². The maximum absolute atomic E-state index is 6.38. The molecule has 0 saturated carbocycles. The minimum absolute atomic E-state index is 0.124. The average Bonchev–Trinajstić information content (AvgIpc) is 3.79. The number of furan rings is 1. The molecule has 0 unspecified atom stereocenters. The van der Waals surface area contributed by atoms with Gasteiger partial charge in [0.25, 0.3) is 0 Å². The van der Waals surface area contributed by atoms with Gasteiger partial charge in [0.15, 0.2) is 0 Å². The van der Waals surface area contributed by atoms with Crippen molar-refractivity contribution in [3.8, 4) is 55.6 Å². The molecule has 0 aliphatic heterocycles. The van der Waals surface area contributed by atoms with Crippen molar-refractivity contribution in [1.29, 1.82) is 0 Å². The van der Waals surface area contributed by atoms with Gasteiger partial charge in [-0.05, 0) is 110 Å². The third-order valence-corrected chi connectivity index (χ3v) is 12.3. The molecule has 0 bridgehead atoms. The minimum atomic E-state index is -0.124. The van der Waals surface area contributed by atoms with Gasteiger partial charge in [-0.1, -0.05) is 178 Å². The normalized spacial score (nSPS) is 12.7. The topological polar surface area (TPSA) is 16.4 Å². The Morgan fingerprint density at radius 3 is 1.53 bits per heavy atom. The number of hydrogen-bond donors (Lipinski definition) is 0. The van der Waals surface area contributed by atoms with Crippen molar-refractivity contribution < 1.29 is 4.42 Å². The Bertz CT molecular complexity index is 3070. The van der Waals surface area contributed by atoms with E-state index in [1.54, 1.807) is 0 Å². The van der Waals surface area contributed by atoms with Crippen molar-refractivity contribution in [3.05, 3.63) is 223 Å². The first-order valence-corrected chi connectivity index (χ1v) is 20.4. The number of rotatable bonds is 7. The second kappa shape index (κ2) is 13.9. The molecule has 0 amide bonds. The van der Waals surface area contributed by atoms with E-state index in [0.717, 1.165) is 50.1 Å². The molecule has 2 heteroatoms. The van der Waals surface area contributed by atoms with E-state index in [9.17, 15) is 0 Å². The molecule has 1 aromatic heterocycles. The molecule has 1 aliphatic carbocycles. The zero-order valence-corrected chi connectivity index (χ0v) is 33.1. The second-order valence-electron chi connectivity index (χ2n) is 16.1. The highest BCUT2D eigenvalue weighted by Crippen LogP contribution is 2.55. The summed E-state index contributed by atoms with van der Waals surface area (Å²) in [5, 5.41) is 2.22. The molecule has 1 aliphatic rings. The van der Waals surface area contributed by atoms with Crippen molar-refractivity contribution in [2.24, 2.45) is 0 Å². The lowest BCUT2D eigenvalue weighted by Gasteiger charge is -2.30. The van der Waals surface area contributed by atoms with Gasteiger partial charge in [-0.15, -0.1) is 0 Å². The lowest BCUT2D eigenvalue weighted by Crippen LogP contribution is -2.14. The summed E-state index contributed by atoms with van der Waals surface area (Å²) in [4.78, 5) is 2.43. The van der Waals surface area contributed by atoms with Crippen LogP contribution >= 0.6 is 0 Å². The lowest BCUT2D eigenvalue weighted by atomic mass is 9.81. The molecule has 280 valence electrons. The first-order chi connectivity index (χ1) is 29.0. The van der Waals surface area contributed by atoms with Crippen LogP contribution in [0.3, 0.4) is 0 Å². The first kappa shape index (κ1) is 34.8. The summed E-state index contributed by atoms with van der Waals surface area (Å²) in [5.41, 5.74) is 19.7. The predicted octanol–water partition coefficient (Wildman–Crippen LogP) is 16.0. The fraction of sp³-hybridized carbons (Fsp3) is 0.0526. The molecule has 0 saturated heterocycles. The van der Waals surface area contributed by atoms with E-state index in [0.29, 0.717) is 0 Å². The lowest BCUT2D eigenvalue weighted by molar-refractivity contribution is 0.660. The summed E-state index contributed by atoms with van der Waals surface area (Å²) in [7, 11) is 0. The molecule has 0 radical (unpaired) electrons. The van der Waals surface area contributed by atoms with E-state index in [4.69, 9.17) is 4.42 Å². The van der Waals surface area contributed by atoms with Gasteiger partial charge < -0.3 is 9.32 Å². The SMILES string of the molecule is CC1(C)c2ccccc2-c2c(-c3cccc(N(c4ccc(-c5ccccc5)cc4)c4ccc(-c5ccccc5)cc4)c3-c3ccc4oc5ccccc5c4c3)cccc21. The number of hydrogen-bond acceptors (Lipinski definition) is 2. The van der Waals surface area contributed by atoms with Gasteiger partial charge in [-0.25, -0.2) is 0 Å². The Labute approximate surface area is 345 Å². The van der Waals surface area contributed by atoms with E-state index in [2.05, 4.69) is 225 Å². The summed E-state index contributed by atoms with van der Waals surface area (Å²) >= 11 is 0. The highest BCUT2D eigenvalue weighted by molar-refractivity contribution is 6.09. The summed E-state index contributed by atoms with van der Waals surface area (Å²) in [6, 6.07) is 77.0. The van der Waals surface area contributed by atoms with Crippen molar-refractivity contribution >= 4 is 39.0 Å². The molecular weight excluding hydrogens is 715 g/mol. The van der Waals surface area contributed by atoms with Gasteiger partial charge in [-0.2, -0.15) is 0 Å². The molecule has 10 aromatic rings. The van der Waals surface area contributed by atoms with E-state index in [-0.39, 0.29) is 5.41 Å². The van der Waals surface area contributed by atoms with Crippen LogP contribution in [-0.4, -0.2) is 0 Å². The maximum atomic E-state index is 6.38. The molecule has 0 fully saturated rings. The molecule has 9 aromatic carbocycles. The molecule has 0 N–H and O–H groups in total.